The smallest absolute Gasteiger partial charge is 0.339 e. The van der Waals surface area contributed by atoms with Crippen LogP contribution < -0.4 is 5.56 Å². The summed E-state index contributed by atoms with van der Waals surface area (Å²) in [4.78, 5) is 29.5. The Bertz CT molecular complexity index is 915. The van der Waals surface area contributed by atoms with E-state index in [-0.39, 0.29) is 17.7 Å². The fourth-order valence-electron chi connectivity index (χ4n) is 2.23. The van der Waals surface area contributed by atoms with Gasteiger partial charge in [0.15, 0.2) is 0 Å². The molecule has 0 N–H and O–H groups in total. The van der Waals surface area contributed by atoms with Crippen molar-refractivity contribution in [1.82, 2.24) is 9.55 Å². The lowest BCUT2D eigenvalue weighted by Crippen LogP contribution is -2.22. The molecule has 5 nitrogen and oxygen atoms in total. The third-order valence-corrected chi connectivity index (χ3v) is 4.46. The number of carbonyl (C=O) groups excluding carboxylic acids is 1. The van der Waals surface area contributed by atoms with Crippen molar-refractivity contribution in [3.8, 4) is 0 Å². The fourth-order valence-corrected chi connectivity index (χ4v) is 3.22. The van der Waals surface area contributed by atoms with Crippen LogP contribution in [0.2, 0.25) is 5.02 Å². The molecule has 23 heavy (non-hydrogen) atoms. The average molecular weight is 349 g/mol. The molecule has 1 aromatic carbocycles. The summed E-state index contributed by atoms with van der Waals surface area (Å²) in [6.45, 7) is 2.34. The van der Waals surface area contributed by atoms with E-state index in [1.54, 1.807) is 24.4 Å². The highest BCUT2D eigenvalue weighted by molar-refractivity contribution is 7.17. The molecule has 0 aliphatic carbocycles. The van der Waals surface area contributed by atoms with Crippen LogP contribution in [0.3, 0.4) is 0 Å². The molecule has 0 aliphatic heterocycles. The van der Waals surface area contributed by atoms with Crippen LogP contribution in [-0.4, -0.2) is 22.1 Å². The van der Waals surface area contributed by atoms with E-state index in [0.717, 1.165) is 5.56 Å². The van der Waals surface area contributed by atoms with Crippen LogP contribution in [0.15, 0.2) is 40.8 Å². The molecule has 0 aliphatic rings. The number of fused-ring (bicyclic) bond motifs is 1. The van der Waals surface area contributed by atoms with Crippen LogP contribution in [0.25, 0.3) is 10.2 Å². The van der Waals surface area contributed by atoms with Crippen LogP contribution >= 0.6 is 22.9 Å². The van der Waals surface area contributed by atoms with Crippen molar-refractivity contribution in [2.45, 2.75) is 13.5 Å². The zero-order valence-corrected chi connectivity index (χ0v) is 13.9. The van der Waals surface area contributed by atoms with Crippen molar-refractivity contribution in [2.24, 2.45) is 0 Å². The van der Waals surface area contributed by atoms with Gasteiger partial charge in [-0.2, -0.15) is 0 Å². The van der Waals surface area contributed by atoms with E-state index in [0.29, 0.717) is 21.8 Å². The van der Waals surface area contributed by atoms with Gasteiger partial charge in [-0.3, -0.25) is 9.36 Å². The number of benzene rings is 1. The van der Waals surface area contributed by atoms with Gasteiger partial charge in [-0.1, -0.05) is 23.7 Å². The third-order valence-electron chi connectivity index (χ3n) is 3.32. The summed E-state index contributed by atoms with van der Waals surface area (Å²) >= 11 is 7.12. The number of thiophene rings is 1. The molecule has 0 atom stereocenters. The molecule has 0 spiro atoms. The topological polar surface area (TPSA) is 61.2 Å². The van der Waals surface area contributed by atoms with Gasteiger partial charge in [-0.15, -0.1) is 11.3 Å². The molecular formula is C16H13ClN2O3S. The minimum absolute atomic E-state index is 0.255. The molecule has 3 aromatic rings. The summed E-state index contributed by atoms with van der Waals surface area (Å²) in [6.07, 6.45) is 1.49. The van der Waals surface area contributed by atoms with Crippen molar-refractivity contribution in [1.29, 1.82) is 0 Å². The molecule has 0 radical (unpaired) electrons. The Morgan fingerprint density at radius 3 is 2.78 bits per heavy atom. The minimum Gasteiger partial charge on any atom is -0.462 e. The Balaban J connectivity index is 2.04. The fraction of sp³-hybridized carbons (Fsp3) is 0.188. The number of ether oxygens (including phenoxy) is 1. The van der Waals surface area contributed by atoms with Crippen LogP contribution in [0, 0.1) is 0 Å². The van der Waals surface area contributed by atoms with Crippen LogP contribution in [0.5, 0.6) is 0 Å². The molecule has 0 unspecified atom stereocenters. The van der Waals surface area contributed by atoms with Gasteiger partial charge in [-0.25, -0.2) is 9.78 Å². The molecule has 3 rings (SSSR count). The Kier molecular flexibility index (Phi) is 4.45. The van der Waals surface area contributed by atoms with Gasteiger partial charge in [0.25, 0.3) is 5.56 Å². The molecule has 0 amide bonds. The number of esters is 1. The Hall–Kier alpha value is -2.18. The van der Waals surface area contributed by atoms with Gasteiger partial charge in [-0.05, 0) is 24.6 Å². The van der Waals surface area contributed by atoms with Gasteiger partial charge < -0.3 is 4.74 Å². The lowest BCUT2D eigenvalue weighted by molar-refractivity contribution is 0.0529. The number of nitrogens with zero attached hydrogens (tertiary/aromatic N) is 2. The van der Waals surface area contributed by atoms with E-state index in [1.165, 1.54) is 22.2 Å². The maximum atomic E-state index is 12.7. The summed E-state index contributed by atoms with van der Waals surface area (Å²) in [5.41, 5.74) is 0.939. The standard InChI is InChI=1S/C16H13ClN2O3S/c1-2-22-16(21)12-8-23-14-13(12)15(20)19(9-18-14)7-10-3-5-11(17)6-4-10/h3-6,8-9H,2,7H2,1H3. The molecule has 0 saturated carbocycles. The molecule has 7 heteroatoms. The summed E-state index contributed by atoms with van der Waals surface area (Å²) in [7, 11) is 0. The van der Waals surface area contributed by atoms with E-state index in [9.17, 15) is 9.59 Å². The first-order valence-corrected chi connectivity index (χ1v) is 8.24. The van der Waals surface area contributed by atoms with E-state index in [2.05, 4.69) is 4.98 Å². The highest BCUT2D eigenvalue weighted by atomic mass is 35.5. The van der Waals surface area contributed by atoms with Crippen molar-refractivity contribution < 1.29 is 9.53 Å². The second kappa shape index (κ2) is 6.52. The van der Waals surface area contributed by atoms with Crippen molar-refractivity contribution in [3.05, 3.63) is 62.5 Å². The van der Waals surface area contributed by atoms with Crippen molar-refractivity contribution >= 4 is 39.1 Å². The Morgan fingerprint density at radius 2 is 2.09 bits per heavy atom. The number of hydrogen-bond donors (Lipinski definition) is 0. The lowest BCUT2D eigenvalue weighted by atomic mass is 10.2. The number of hydrogen-bond acceptors (Lipinski definition) is 5. The van der Waals surface area contributed by atoms with E-state index >= 15 is 0 Å². The van der Waals surface area contributed by atoms with Gasteiger partial charge in [0.2, 0.25) is 0 Å². The van der Waals surface area contributed by atoms with Crippen LogP contribution in [-0.2, 0) is 11.3 Å². The summed E-state index contributed by atoms with van der Waals surface area (Å²) in [5, 5.41) is 2.56. The molecular weight excluding hydrogens is 336 g/mol. The first-order chi connectivity index (χ1) is 11.1. The van der Waals surface area contributed by atoms with Crippen LogP contribution in [0.1, 0.15) is 22.8 Å². The monoisotopic (exact) mass is 348 g/mol. The maximum absolute atomic E-state index is 12.7. The first-order valence-electron chi connectivity index (χ1n) is 6.98. The second-order valence-electron chi connectivity index (χ2n) is 4.85. The zero-order chi connectivity index (χ0) is 16.4. The van der Waals surface area contributed by atoms with Gasteiger partial charge in [0, 0.05) is 10.4 Å². The van der Waals surface area contributed by atoms with E-state index in [4.69, 9.17) is 16.3 Å². The number of carbonyl (C=O) groups is 1. The molecule has 0 bridgehead atoms. The summed E-state index contributed by atoms with van der Waals surface area (Å²) in [5.74, 6) is -0.498. The lowest BCUT2D eigenvalue weighted by Gasteiger charge is -2.06. The third kappa shape index (κ3) is 3.13. The minimum atomic E-state index is -0.498. The molecule has 0 saturated heterocycles. The first kappa shape index (κ1) is 15.7. The number of aromatic nitrogens is 2. The van der Waals surface area contributed by atoms with E-state index < -0.39 is 5.97 Å². The molecule has 0 fully saturated rings. The molecule has 2 aromatic heterocycles. The summed E-state index contributed by atoms with van der Waals surface area (Å²) < 4.78 is 6.47. The second-order valence-corrected chi connectivity index (χ2v) is 6.15. The SMILES string of the molecule is CCOC(=O)c1csc2ncn(Cc3ccc(Cl)cc3)c(=O)c12. The number of halogens is 1. The van der Waals surface area contributed by atoms with Gasteiger partial charge in [0.05, 0.1) is 30.4 Å². The average Bonchev–Trinajstić information content (AvgIpc) is 2.97. The number of rotatable bonds is 4. The zero-order valence-electron chi connectivity index (χ0n) is 12.3. The highest BCUT2D eigenvalue weighted by Crippen LogP contribution is 2.21. The predicted molar refractivity (Wildman–Crippen MR) is 90.4 cm³/mol. The normalized spacial score (nSPS) is 10.9. The Morgan fingerprint density at radius 1 is 1.35 bits per heavy atom. The largest absolute Gasteiger partial charge is 0.462 e. The van der Waals surface area contributed by atoms with E-state index in [1.807, 2.05) is 12.1 Å². The van der Waals surface area contributed by atoms with Crippen LogP contribution in [0.4, 0.5) is 0 Å². The van der Waals surface area contributed by atoms with Crippen molar-refractivity contribution in [2.75, 3.05) is 6.61 Å². The molecule has 2 heterocycles. The summed E-state index contributed by atoms with van der Waals surface area (Å²) in [6, 6.07) is 7.22. The Labute approximate surface area is 141 Å². The van der Waals surface area contributed by atoms with Gasteiger partial charge >= 0.3 is 5.97 Å². The van der Waals surface area contributed by atoms with Gasteiger partial charge in [0.1, 0.15) is 4.83 Å². The molecule has 118 valence electrons. The quantitative estimate of drug-likeness (QED) is 0.678. The van der Waals surface area contributed by atoms with Crippen molar-refractivity contribution in [3.63, 3.8) is 0 Å². The highest BCUT2D eigenvalue weighted by Gasteiger charge is 2.18. The maximum Gasteiger partial charge on any atom is 0.339 e. The predicted octanol–water partition coefficient (Wildman–Crippen LogP) is 3.34.